The zero-order chi connectivity index (χ0) is 21.4. The number of allylic oxidation sites excluding steroid dienone is 1. The monoisotopic (exact) mass is 404 g/mol. The third kappa shape index (κ3) is 3.49. The van der Waals surface area contributed by atoms with Gasteiger partial charge in [0.15, 0.2) is 5.78 Å². The van der Waals surface area contributed by atoms with E-state index in [-0.39, 0.29) is 17.7 Å². The highest BCUT2D eigenvalue weighted by Crippen LogP contribution is 2.43. The molecule has 5 heteroatoms. The molecular weight excluding hydrogens is 376 g/mol. The van der Waals surface area contributed by atoms with E-state index >= 15 is 0 Å². The molecule has 1 heterocycles. The van der Waals surface area contributed by atoms with Crippen LogP contribution in [-0.2, 0) is 14.3 Å². The lowest BCUT2D eigenvalue weighted by Gasteiger charge is -2.32. The second-order valence-electron chi connectivity index (χ2n) is 8.51. The van der Waals surface area contributed by atoms with Crippen LogP contribution in [0.4, 0.5) is 11.4 Å². The number of hydrogen-bond acceptors (Lipinski definition) is 5. The molecule has 1 aliphatic heterocycles. The molecule has 3 atom stereocenters. The molecule has 0 saturated carbocycles. The van der Waals surface area contributed by atoms with Gasteiger partial charge < -0.3 is 15.4 Å². The maximum atomic E-state index is 13.6. The summed E-state index contributed by atoms with van der Waals surface area (Å²) in [6.07, 6.45) is 0.609. The third-order valence-electron chi connectivity index (χ3n) is 6.16. The van der Waals surface area contributed by atoms with Crippen LogP contribution in [0, 0.1) is 11.8 Å². The Hall–Kier alpha value is -3.08. The minimum absolute atomic E-state index is 0.134. The maximum Gasteiger partial charge on any atom is 0.316 e. The molecule has 0 amide bonds. The number of benzene rings is 2. The molecule has 5 nitrogen and oxygen atoms in total. The first-order valence-corrected chi connectivity index (χ1v) is 10.5. The van der Waals surface area contributed by atoms with Crippen molar-refractivity contribution in [2.24, 2.45) is 11.8 Å². The molecule has 0 radical (unpaired) electrons. The van der Waals surface area contributed by atoms with Crippen LogP contribution >= 0.6 is 0 Å². The lowest BCUT2D eigenvalue weighted by molar-refractivity contribution is -0.151. The van der Waals surface area contributed by atoms with Crippen molar-refractivity contribution >= 4 is 23.1 Å². The Morgan fingerprint density at radius 3 is 2.37 bits per heavy atom. The zero-order valence-corrected chi connectivity index (χ0v) is 17.9. The molecule has 0 unspecified atom stereocenters. The number of fused-ring (bicyclic) bond motifs is 1. The first kappa shape index (κ1) is 20.2. The number of para-hydroxylation sites is 2. The van der Waals surface area contributed by atoms with Crippen molar-refractivity contribution in [2.75, 3.05) is 17.7 Å². The fourth-order valence-corrected chi connectivity index (χ4v) is 4.46. The van der Waals surface area contributed by atoms with Crippen LogP contribution in [0.2, 0.25) is 0 Å². The van der Waals surface area contributed by atoms with E-state index in [0.717, 1.165) is 22.6 Å². The number of ether oxygens (including phenoxy) is 1. The molecule has 30 heavy (non-hydrogen) atoms. The van der Waals surface area contributed by atoms with Gasteiger partial charge in [0.25, 0.3) is 0 Å². The Kier molecular flexibility index (Phi) is 5.37. The molecule has 0 saturated heterocycles. The predicted molar refractivity (Wildman–Crippen MR) is 118 cm³/mol. The van der Waals surface area contributed by atoms with Crippen molar-refractivity contribution in [1.29, 1.82) is 0 Å². The Morgan fingerprint density at radius 1 is 1.07 bits per heavy atom. The number of carbonyl (C=O) groups excluding carboxylic acids is 2. The van der Waals surface area contributed by atoms with Crippen LogP contribution < -0.4 is 10.6 Å². The van der Waals surface area contributed by atoms with E-state index in [4.69, 9.17) is 4.74 Å². The summed E-state index contributed by atoms with van der Waals surface area (Å²) in [5.41, 5.74) is 5.61. The van der Waals surface area contributed by atoms with Crippen molar-refractivity contribution in [3.63, 3.8) is 0 Å². The summed E-state index contributed by atoms with van der Waals surface area (Å²) < 4.78 is 4.96. The van der Waals surface area contributed by atoms with Gasteiger partial charge in [-0.25, -0.2) is 0 Å². The van der Waals surface area contributed by atoms with Gasteiger partial charge >= 0.3 is 5.97 Å². The first-order valence-electron chi connectivity index (χ1n) is 10.5. The molecule has 2 N–H and O–H groups in total. The number of ketones is 1. The summed E-state index contributed by atoms with van der Waals surface area (Å²) in [6, 6.07) is 16.0. The lowest BCUT2D eigenvalue weighted by atomic mass is 9.74. The average molecular weight is 405 g/mol. The van der Waals surface area contributed by atoms with E-state index in [2.05, 4.69) is 48.7 Å². The van der Waals surface area contributed by atoms with Crippen molar-refractivity contribution in [3.8, 4) is 0 Å². The number of carbonyl (C=O) groups is 2. The molecular formula is C25H28N2O3. The van der Waals surface area contributed by atoms with Crippen molar-refractivity contribution < 1.29 is 14.3 Å². The van der Waals surface area contributed by atoms with E-state index in [9.17, 15) is 9.59 Å². The molecule has 4 rings (SSSR count). The smallest absolute Gasteiger partial charge is 0.316 e. The molecule has 0 spiro atoms. The maximum absolute atomic E-state index is 13.6. The standard InChI is InChI=1S/C25H28N2O3/c1-14(2)16-9-11-17(12-10-16)23-22-20(26-18-7-5-6-8-19(18)27-23)13-15(3)21(24(22)28)25(29)30-4/h5-12,14-15,21,23,26-27H,13H2,1-4H3/t15-,21+,23-/m1/s1. The summed E-state index contributed by atoms with van der Waals surface area (Å²) in [7, 11) is 1.34. The summed E-state index contributed by atoms with van der Waals surface area (Å²) in [4.78, 5) is 26.0. The number of anilines is 2. The number of nitrogens with one attached hydrogen (secondary N) is 2. The Morgan fingerprint density at radius 2 is 1.73 bits per heavy atom. The summed E-state index contributed by atoms with van der Waals surface area (Å²) in [5.74, 6) is -1.11. The molecule has 2 aromatic rings. The second-order valence-corrected chi connectivity index (χ2v) is 8.51. The van der Waals surface area contributed by atoms with Crippen LogP contribution in [0.5, 0.6) is 0 Å². The number of Topliss-reactive ketones (excluding diaryl/α,β-unsaturated/α-hetero) is 1. The van der Waals surface area contributed by atoms with Gasteiger partial charge in [-0.15, -0.1) is 0 Å². The molecule has 0 bridgehead atoms. The van der Waals surface area contributed by atoms with Crippen LogP contribution in [0.25, 0.3) is 0 Å². The third-order valence-corrected chi connectivity index (χ3v) is 6.16. The highest BCUT2D eigenvalue weighted by Gasteiger charge is 2.44. The van der Waals surface area contributed by atoms with E-state index < -0.39 is 11.9 Å². The quantitative estimate of drug-likeness (QED) is 0.554. The molecule has 2 aliphatic rings. The van der Waals surface area contributed by atoms with Gasteiger partial charge in [-0.2, -0.15) is 0 Å². The minimum atomic E-state index is -0.781. The SMILES string of the molecule is COC(=O)[C@@H]1C(=O)C2=C(C[C@H]1C)Nc1ccccc1N[C@@H]2c1ccc(C(C)C)cc1. The normalized spacial score (nSPS) is 23.1. The van der Waals surface area contributed by atoms with Crippen molar-refractivity contribution in [1.82, 2.24) is 0 Å². The number of rotatable bonds is 3. The summed E-state index contributed by atoms with van der Waals surface area (Å²) >= 11 is 0. The largest absolute Gasteiger partial charge is 0.468 e. The topological polar surface area (TPSA) is 67.4 Å². The Labute approximate surface area is 177 Å². The number of hydrogen-bond donors (Lipinski definition) is 2. The Balaban J connectivity index is 1.84. The van der Waals surface area contributed by atoms with Crippen LogP contribution in [0.3, 0.4) is 0 Å². The van der Waals surface area contributed by atoms with E-state index in [1.54, 1.807) is 0 Å². The molecule has 2 aromatic carbocycles. The van der Waals surface area contributed by atoms with E-state index in [1.807, 2.05) is 31.2 Å². The lowest BCUT2D eigenvalue weighted by Crippen LogP contribution is -2.39. The fourth-order valence-electron chi connectivity index (χ4n) is 4.46. The van der Waals surface area contributed by atoms with E-state index in [0.29, 0.717) is 17.9 Å². The first-order chi connectivity index (χ1) is 14.4. The summed E-state index contributed by atoms with van der Waals surface area (Å²) in [6.45, 7) is 6.25. The van der Waals surface area contributed by atoms with Crippen LogP contribution in [-0.4, -0.2) is 18.9 Å². The molecule has 0 aromatic heterocycles. The zero-order valence-electron chi connectivity index (χ0n) is 17.9. The number of methoxy groups -OCH3 is 1. The average Bonchev–Trinajstić information content (AvgIpc) is 2.90. The van der Waals surface area contributed by atoms with Gasteiger partial charge in [0.05, 0.1) is 24.5 Å². The second kappa shape index (κ2) is 7.98. The number of esters is 1. The highest BCUT2D eigenvalue weighted by atomic mass is 16.5. The molecule has 156 valence electrons. The van der Waals surface area contributed by atoms with Crippen molar-refractivity contribution in [3.05, 3.63) is 70.9 Å². The van der Waals surface area contributed by atoms with E-state index in [1.165, 1.54) is 12.7 Å². The highest BCUT2D eigenvalue weighted by molar-refractivity contribution is 6.11. The predicted octanol–water partition coefficient (Wildman–Crippen LogP) is 5.04. The van der Waals surface area contributed by atoms with Gasteiger partial charge in [-0.3, -0.25) is 9.59 Å². The van der Waals surface area contributed by atoms with Gasteiger partial charge in [0.2, 0.25) is 0 Å². The minimum Gasteiger partial charge on any atom is -0.468 e. The fraction of sp³-hybridized carbons (Fsp3) is 0.360. The van der Waals surface area contributed by atoms with Gasteiger partial charge in [0, 0.05) is 11.3 Å². The van der Waals surface area contributed by atoms with Gasteiger partial charge in [-0.05, 0) is 41.5 Å². The van der Waals surface area contributed by atoms with Gasteiger partial charge in [0.1, 0.15) is 5.92 Å². The van der Waals surface area contributed by atoms with Crippen LogP contribution in [0.1, 0.15) is 50.3 Å². The molecule has 0 fully saturated rings. The Bertz CT molecular complexity index is 1010. The molecule has 1 aliphatic carbocycles. The van der Waals surface area contributed by atoms with Crippen molar-refractivity contribution in [2.45, 2.75) is 39.2 Å². The van der Waals surface area contributed by atoms with Gasteiger partial charge in [-0.1, -0.05) is 57.2 Å². The van der Waals surface area contributed by atoms with Crippen LogP contribution in [0.15, 0.2) is 59.8 Å². The summed E-state index contributed by atoms with van der Waals surface area (Å²) in [5, 5.41) is 7.03.